The summed E-state index contributed by atoms with van der Waals surface area (Å²) in [6.45, 7) is 0. The number of hydrogen-bond donors (Lipinski definition) is 4. The average molecular weight is 444 g/mol. The molecule has 0 saturated carbocycles. The summed E-state index contributed by atoms with van der Waals surface area (Å²) >= 11 is 0. The lowest BCUT2D eigenvalue weighted by Gasteiger charge is -2.01. The van der Waals surface area contributed by atoms with Crippen molar-refractivity contribution in [3.05, 3.63) is 71.8 Å². The number of carbonyl (C=O) groups is 2. The first kappa shape index (κ1) is 21.7. The summed E-state index contributed by atoms with van der Waals surface area (Å²) in [5.74, 6) is 0. The number of aryl methyl sites for hydroxylation is 2. The van der Waals surface area contributed by atoms with Crippen LogP contribution in [0.2, 0.25) is 0 Å². The Bertz CT molecular complexity index is 541. The normalized spacial score (nSPS) is 8.83. The van der Waals surface area contributed by atoms with Crippen molar-refractivity contribution in [1.29, 1.82) is 0 Å². The molecular formula is C17H21IN2O4. The molecule has 24 heavy (non-hydrogen) atoms. The highest BCUT2D eigenvalue weighted by atomic mass is 127. The molecule has 2 rings (SSSR count). The fourth-order valence-electron chi connectivity index (χ4n) is 1.89. The third kappa shape index (κ3) is 11.3. The van der Waals surface area contributed by atoms with Crippen LogP contribution in [-0.2, 0) is 12.8 Å². The van der Waals surface area contributed by atoms with Crippen molar-refractivity contribution >= 4 is 36.2 Å². The van der Waals surface area contributed by atoms with E-state index in [9.17, 15) is 9.59 Å². The molecule has 0 spiro atoms. The van der Waals surface area contributed by atoms with Gasteiger partial charge in [-0.1, -0.05) is 60.7 Å². The Balaban J connectivity index is 0.000000510. The minimum atomic E-state index is -1.44. The van der Waals surface area contributed by atoms with E-state index >= 15 is 0 Å². The average Bonchev–Trinajstić information content (AvgIpc) is 2.56. The summed E-state index contributed by atoms with van der Waals surface area (Å²) < 4.78 is 0. The summed E-state index contributed by atoms with van der Waals surface area (Å²) in [6.07, 6.45) is 0.708. The molecule has 0 saturated heterocycles. The van der Waals surface area contributed by atoms with Crippen LogP contribution in [0, 0.1) is 0 Å². The second-order valence-corrected chi connectivity index (χ2v) is 4.69. The van der Waals surface area contributed by atoms with Crippen LogP contribution in [-0.4, -0.2) is 22.4 Å². The van der Waals surface area contributed by atoms with Crippen molar-refractivity contribution in [3.8, 4) is 0 Å². The number of nitrogens with one attached hydrogen (secondary N) is 2. The van der Waals surface area contributed by atoms with Crippen LogP contribution >= 0.6 is 24.0 Å². The van der Waals surface area contributed by atoms with Gasteiger partial charge in [0.05, 0.1) is 0 Å². The Hall–Kier alpha value is -2.29. The maximum atomic E-state index is 9.47. The Morgan fingerprint density at radius 3 is 1.33 bits per heavy atom. The van der Waals surface area contributed by atoms with E-state index in [1.807, 2.05) is 0 Å². The van der Waals surface area contributed by atoms with Gasteiger partial charge >= 0.3 is 12.2 Å². The van der Waals surface area contributed by atoms with E-state index in [1.54, 1.807) is 0 Å². The van der Waals surface area contributed by atoms with Gasteiger partial charge in [-0.3, -0.25) is 0 Å². The highest BCUT2D eigenvalue weighted by Crippen LogP contribution is 2.07. The van der Waals surface area contributed by atoms with Crippen LogP contribution < -0.4 is 10.9 Å². The lowest BCUT2D eigenvalue weighted by Crippen LogP contribution is -2.39. The van der Waals surface area contributed by atoms with Gasteiger partial charge in [0.15, 0.2) is 0 Å². The number of amides is 2. The van der Waals surface area contributed by atoms with Crippen molar-refractivity contribution < 1.29 is 19.8 Å². The Kier molecular flexibility index (Phi) is 11.9. The van der Waals surface area contributed by atoms with Gasteiger partial charge in [0.1, 0.15) is 0 Å². The number of hydrogen-bond acceptors (Lipinski definition) is 2. The lowest BCUT2D eigenvalue weighted by atomic mass is 10.0. The second-order valence-electron chi connectivity index (χ2n) is 4.69. The fourth-order valence-corrected chi connectivity index (χ4v) is 1.89. The Morgan fingerprint density at radius 1 is 0.708 bits per heavy atom. The summed E-state index contributed by atoms with van der Waals surface area (Å²) in [4.78, 5) is 18.9. The molecule has 2 aromatic rings. The van der Waals surface area contributed by atoms with Crippen LogP contribution in [0.3, 0.4) is 0 Å². The van der Waals surface area contributed by atoms with Crippen LogP contribution in [0.15, 0.2) is 60.7 Å². The zero-order valence-corrected chi connectivity index (χ0v) is 15.3. The SMILES string of the molecule is I.O=C(O)NNC(=O)O.c1ccc(CCCc2ccccc2)cc1. The topological polar surface area (TPSA) is 98.7 Å². The standard InChI is InChI=1S/C15H16.C2H4N2O4.HI/c1-3-8-14(9-4-1)12-7-13-15-10-5-2-6-11-15;5-1(6)3-4-2(7)8;/h1-6,8-11H,7,12-13H2;3-4H,(H,5,6)(H,7,8);1H. The minimum Gasteiger partial charge on any atom is -0.464 e. The molecule has 7 heteroatoms. The smallest absolute Gasteiger partial charge is 0.423 e. The lowest BCUT2D eigenvalue weighted by molar-refractivity contribution is 0.172. The van der Waals surface area contributed by atoms with E-state index in [2.05, 4.69) is 60.7 Å². The molecule has 0 bridgehead atoms. The number of halogens is 1. The number of carboxylic acid groups (broad SMARTS) is 2. The first-order valence-electron chi connectivity index (χ1n) is 7.13. The molecule has 130 valence electrons. The van der Waals surface area contributed by atoms with Crippen molar-refractivity contribution in [1.82, 2.24) is 10.9 Å². The maximum Gasteiger partial charge on any atom is 0.423 e. The number of hydrazine groups is 1. The molecule has 0 unspecified atom stereocenters. The van der Waals surface area contributed by atoms with Crippen molar-refractivity contribution in [2.24, 2.45) is 0 Å². The van der Waals surface area contributed by atoms with Gasteiger partial charge < -0.3 is 10.2 Å². The Labute approximate surface area is 157 Å². The molecule has 0 fully saturated rings. The molecule has 2 aromatic carbocycles. The van der Waals surface area contributed by atoms with Gasteiger partial charge in [-0.05, 0) is 30.4 Å². The van der Waals surface area contributed by atoms with E-state index in [4.69, 9.17) is 10.2 Å². The first-order valence-corrected chi connectivity index (χ1v) is 7.13. The predicted molar refractivity (Wildman–Crippen MR) is 103 cm³/mol. The molecule has 6 nitrogen and oxygen atoms in total. The molecule has 0 aliphatic heterocycles. The molecule has 0 aliphatic rings. The number of benzene rings is 2. The zero-order valence-electron chi connectivity index (χ0n) is 13.0. The third-order valence-electron chi connectivity index (χ3n) is 2.89. The number of rotatable bonds is 4. The molecule has 0 aliphatic carbocycles. The summed E-state index contributed by atoms with van der Waals surface area (Å²) in [6, 6.07) is 21.4. The predicted octanol–water partition coefficient (Wildman–Crippen LogP) is 3.92. The molecule has 0 aromatic heterocycles. The van der Waals surface area contributed by atoms with E-state index in [1.165, 1.54) is 41.2 Å². The van der Waals surface area contributed by atoms with Crippen LogP contribution in [0.1, 0.15) is 17.5 Å². The molecule has 4 N–H and O–H groups in total. The fraction of sp³-hybridized carbons (Fsp3) is 0.176. The summed E-state index contributed by atoms with van der Waals surface area (Å²) in [5, 5.41) is 15.5. The zero-order chi connectivity index (χ0) is 16.9. The van der Waals surface area contributed by atoms with Crippen LogP contribution in [0.4, 0.5) is 9.59 Å². The molecule has 2 amide bonds. The van der Waals surface area contributed by atoms with E-state index in [0.29, 0.717) is 0 Å². The third-order valence-corrected chi connectivity index (χ3v) is 2.89. The van der Waals surface area contributed by atoms with Gasteiger partial charge in [-0.25, -0.2) is 20.4 Å². The van der Waals surface area contributed by atoms with Gasteiger partial charge in [0.2, 0.25) is 0 Å². The van der Waals surface area contributed by atoms with Gasteiger partial charge in [0, 0.05) is 0 Å². The van der Waals surface area contributed by atoms with Gasteiger partial charge in [-0.2, -0.15) is 0 Å². The van der Waals surface area contributed by atoms with Gasteiger partial charge in [0.25, 0.3) is 0 Å². The van der Waals surface area contributed by atoms with E-state index in [0.717, 1.165) is 0 Å². The molecular weight excluding hydrogens is 423 g/mol. The Morgan fingerprint density at radius 2 is 1.04 bits per heavy atom. The van der Waals surface area contributed by atoms with Gasteiger partial charge in [-0.15, -0.1) is 24.0 Å². The van der Waals surface area contributed by atoms with Crippen molar-refractivity contribution in [2.45, 2.75) is 19.3 Å². The van der Waals surface area contributed by atoms with Crippen LogP contribution in [0.5, 0.6) is 0 Å². The van der Waals surface area contributed by atoms with E-state index in [-0.39, 0.29) is 24.0 Å². The maximum absolute atomic E-state index is 9.47. The van der Waals surface area contributed by atoms with E-state index < -0.39 is 12.2 Å². The summed E-state index contributed by atoms with van der Waals surface area (Å²) in [7, 11) is 0. The van der Waals surface area contributed by atoms with Crippen LogP contribution in [0.25, 0.3) is 0 Å². The second kappa shape index (κ2) is 13.2. The quantitative estimate of drug-likeness (QED) is 0.425. The molecule has 0 heterocycles. The largest absolute Gasteiger partial charge is 0.464 e. The minimum absolute atomic E-state index is 0. The van der Waals surface area contributed by atoms with Crippen molar-refractivity contribution in [3.63, 3.8) is 0 Å². The first-order chi connectivity index (χ1) is 11.1. The summed E-state index contributed by atoms with van der Waals surface area (Å²) in [5.41, 5.74) is 5.70. The van der Waals surface area contributed by atoms with Crippen molar-refractivity contribution in [2.75, 3.05) is 0 Å². The monoisotopic (exact) mass is 444 g/mol. The molecule has 0 radical (unpaired) electrons. The highest BCUT2D eigenvalue weighted by molar-refractivity contribution is 14.0. The highest BCUT2D eigenvalue weighted by Gasteiger charge is 1.94. The molecule has 0 atom stereocenters.